The van der Waals surface area contributed by atoms with Crippen molar-refractivity contribution >= 4 is 11.7 Å². The molecule has 1 heterocycles. The molecule has 3 heteroatoms. The van der Waals surface area contributed by atoms with Crippen LogP contribution in [0.2, 0.25) is 0 Å². The first-order valence-corrected chi connectivity index (χ1v) is 5.43. The highest BCUT2D eigenvalue weighted by Gasteiger charge is 2.28. The van der Waals surface area contributed by atoms with Gasteiger partial charge in [-0.1, -0.05) is 26.7 Å². The predicted molar refractivity (Wildman–Crippen MR) is 54.9 cm³/mol. The second-order valence-electron chi connectivity index (χ2n) is 4.36. The fraction of sp³-hybridized carbons (Fsp3) is 0.818. The Balaban J connectivity index is 2.13. The molecule has 0 spiro atoms. The molecule has 0 aliphatic carbocycles. The van der Waals surface area contributed by atoms with E-state index < -0.39 is 0 Å². The van der Waals surface area contributed by atoms with Crippen molar-refractivity contribution in [1.82, 2.24) is 4.90 Å². The summed E-state index contributed by atoms with van der Waals surface area (Å²) in [6.07, 6.45) is 3.80. The number of ketones is 1. The summed E-state index contributed by atoms with van der Waals surface area (Å²) < 4.78 is 0. The second kappa shape index (κ2) is 5.13. The van der Waals surface area contributed by atoms with E-state index in [0.29, 0.717) is 13.0 Å². The molecule has 0 bridgehead atoms. The quantitative estimate of drug-likeness (QED) is 0.496. The maximum atomic E-state index is 11.2. The summed E-state index contributed by atoms with van der Waals surface area (Å²) in [5, 5.41) is 0. The Hall–Kier alpha value is -0.860. The van der Waals surface area contributed by atoms with Crippen LogP contribution in [0.1, 0.15) is 39.5 Å². The van der Waals surface area contributed by atoms with E-state index in [1.165, 1.54) is 6.42 Å². The minimum Gasteiger partial charge on any atom is -0.336 e. The number of carbonyl (C=O) groups is 2. The highest BCUT2D eigenvalue weighted by Crippen LogP contribution is 2.10. The summed E-state index contributed by atoms with van der Waals surface area (Å²) in [5.41, 5.74) is 0. The van der Waals surface area contributed by atoms with E-state index in [-0.39, 0.29) is 11.7 Å². The van der Waals surface area contributed by atoms with Crippen LogP contribution in [0.4, 0.5) is 0 Å². The molecule has 0 unspecified atom stereocenters. The Morgan fingerprint density at radius 3 is 2.50 bits per heavy atom. The smallest absolute Gasteiger partial charge is 0.290 e. The Labute approximate surface area is 85.5 Å². The van der Waals surface area contributed by atoms with Gasteiger partial charge in [0, 0.05) is 19.5 Å². The fourth-order valence-electron chi connectivity index (χ4n) is 1.69. The van der Waals surface area contributed by atoms with Gasteiger partial charge in [0.05, 0.1) is 0 Å². The van der Waals surface area contributed by atoms with Gasteiger partial charge in [0.25, 0.3) is 5.91 Å². The molecule has 0 atom stereocenters. The first kappa shape index (κ1) is 11.2. The Kier molecular flexibility index (Phi) is 4.11. The number of amides is 1. The Morgan fingerprint density at radius 2 is 2.00 bits per heavy atom. The van der Waals surface area contributed by atoms with Gasteiger partial charge in [0.1, 0.15) is 0 Å². The lowest BCUT2D eigenvalue weighted by Crippen LogP contribution is -2.28. The van der Waals surface area contributed by atoms with Gasteiger partial charge in [-0.25, -0.2) is 0 Å². The van der Waals surface area contributed by atoms with Gasteiger partial charge in [-0.2, -0.15) is 0 Å². The lowest BCUT2D eigenvalue weighted by Gasteiger charge is -2.14. The van der Waals surface area contributed by atoms with Crippen LogP contribution in [0.25, 0.3) is 0 Å². The molecular weight excluding hydrogens is 178 g/mol. The summed E-state index contributed by atoms with van der Waals surface area (Å²) in [5.74, 6) is 0.245. The molecule has 80 valence electrons. The average Bonchev–Trinajstić information content (AvgIpc) is 2.43. The number of rotatable bonds is 5. The van der Waals surface area contributed by atoms with Crippen LogP contribution in [-0.2, 0) is 9.59 Å². The van der Waals surface area contributed by atoms with Gasteiger partial charge >= 0.3 is 0 Å². The van der Waals surface area contributed by atoms with Crippen molar-refractivity contribution < 1.29 is 9.59 Å². The van der Waals surface area contributed by atoms with E-state index in [9.17, 15) is 9.59 Å². The van der Waals surface area contributed by atoms with Crippen LogP contribution in [0.15, 0.2) is 0 Å². The summed E-state index contributed by atoms with van der Waals surface area (Å²) in [6, 6.07) is 0. The Morgan fingerprint density at radius 1 is 1.29 bits per heavy atom. The molecular formula is C11H19NO2. The minimum atomic E-state index is -0.269. The van der Waals surface area contributed by atoms with Crippen LogP contribution in [-0.4, -0.2) is 29.7 Å². The molecule has 1 aliphatic rings. The van der Waals surface area contributed by atoms with E-state index in [4.69, 9.17) is 0 Å². The monoisotopic (exact) mass is 197 g/mol. The zero-order valence-corrected chi connectivity index (χ0v) is 9.08. The van der Waals surface area contributed by atoms with E-state index in [1.807, 2.05) is 0 Å². The van der Waals surface area contributed by atoms with E-state index in [0.717, 1.165) is 25.3 Å². The summed E-state index contributed by atoms with van der Waals surface area (Å²) in [6.45, 7) is 5.80. The topological polar surface area (TPSA) is 37.4 Å². The highest BCUT2D eigenvalue weighted by molar-refractivity contribution is 6.37. The highest BCUT2D eigenvalue weighted by atomic mass is 16.2. The van der Waals surface area contributed by atoms with Gasteiger partial charge in [-0.05, 0) is 12.3 Å². The molecule has 1 rings (SSSR count). The van der Waals surface area contributed by atoms with Crippen LogP contribution < -0.4 is 0 Å². The maximum Gasteiger partial charge on any atom is 0.290 e. The van der Waals surface area contributed by atoms with Crippen molar-refractivity contribution in [2.75, 3.05) is 13.1 Å². The van der Waals surface area contributed by atoms with E-state index >= 15 is 0 Å². The molecule has 1 fully saturated rings. The predicted octanol–water partition coefficient (Wildman–Crippen LogP) is 1.61. The van der Waals surface area contributed by atoms with Gasteiger partial charge in [-0.3, -0.25) is 9.59 Å². The number of hydrogen-bond acceptors (Lipinski definition) is 2. The van der Waals surface area contributed by atoms with Crippen molar-refractivity contribution in [1.29, 1.82) is 0 Å². The zero-order valence-electron chi connectivity index (χ0n) is 9.08. The van der Waals surface area contributed by atoms with E-state index in [1.54, 1.807) is 4.90 Å². The zero-order chi connectivity index (χ0) is 10.6. The third-order valence-electron chi connectivity index (χ3n) is 2.59. The number of nitrogens with zero attached hydrogens (tertiary/aromatic N) is 1. The van der Waals surface area contributed by atoms with Crippen LogP contribution >= 0.6 is 0 Å². The first-order chi connectivity index (χ1) is 6.61. The van der Waals surface area contributed by atoms with E-state index in [2.05, 4.69) is 13.8 Å². The van der Waals surface area contributed by atoms with Gasteiger partial charge < -0.3 is 4.90 Å². The van der Waals surface area contributed by atoms with Crippen LogP contribution in [0.3, 0.4) is 0 Å². The van der Waals surface area contributed by atoms with Crippen LogP contribution in [0, 0.1) is 5.92 Å². The summed E-state index contributed by atoms with van der Waals surface area (Å²) >= 11 is 0. The number of unbranched alkanes of at least 4 members (excludes halogenated alkanes) is 1. The van der Waals surface area contributed by atoms with Gasteiger partial charge in [0.15, 0.2) is 0 Å². The molecule has 1 amide bonds. The number of hydrogen-bond donors (Lipinski definition) is 0. The summed E-state index contributed by atoms with van der Waals surface area (Å²) in [4.78, 5) is 23.8. The molecule has 0 N–H and O–H groups in total. The SMILES string of the molecule is CC(C)CCCCN1CCC(=O)C1=O. The molecule has 1 saturated heterocycles. The minimum absolute atomic E-state index is 0.214. The number of Topliss-reactive ketones (excluding diaryl/α,β-unsaturated/α-hetero) is 1. The normalized spacial score (nSPS) is 17.2. The van der Waals surface area contributed by atoms with Crippen molar-refractivity contribution in [3.63, 3.8) is 0 Å². The van der Waals surface area contributed by atoms with Crippen molar-refractivity contribution in [3.8, 4) is 0 Å². The summed E-state index contributed by atoms with van der Waals surface area (Å²) in [7, 11) is 0. The number of likely N-dealkylation sites (tertiary alicyclic amines) is 1. The molecule has 0 aromatic rings. The molecule has 0 radical (unpaired) electrons. The molecule has 0 aromatic heterocycles. The lowest BCUT2D eigenvalue weighted by atomic mass is 10.1. The molecule has 0 aromatic carbocycles. The molecule has 1 aliphatic heterocycles. The van der Waals surface area contributed by atoms with Gasteiger partial charge in [0.2, 0.25) is 5.78 Å². The number of carbonyl (C=O) groups excluding carboxylic acids is 2. The fourth-order valence-corrected chi connectivity index (χ4v) is 1.69. The van der Waals surface area contributed by atoms with Crippen molar-refractivity contribution in [2.24, 2.45) is 5.92 Å². The third kappa shape index (κ3) is 3.13. The first-order valence-electron chi connectivity index (χ1n) is 5.43. The van der Waals surface area contributed by atoms with Gasteiger partial charge in [-0.15, -0.1) is 0 Å². The molecule has 3 nitrogen and oxygen atoms in total. The van der Waals surface area contributed by atoms with Crippen LogP contribution in [0.5, 0.6) is 0 Å². The molecule has 0 saturated carbocycles. The van der Waals surface area contributed by atoms with Crippen molar-refractivity contribution in [2.45, 2.75) is 39.5 Å². The standard InChI is InChI=1S/C11H19NO2/c1-9(2)5-3-4-7-12-8-6-10(13)11(12)14/h9H,3-8H2,1-2H3. The second-order valence-corrected chi connectivity index (χ2v) is 4.36. The Bertz CT molecular complexity index is 223. The largest absolute Gasteiger partial charge is 0.336 e. The maximum absolute atomic E-state index is 11.2. The lowest BCUT2D eigenvalue weighted by molar-refractivity contribution is -0.140. The third-order valence-corrected chi connectivity index (χ3v) is 2.59. The molecule has 14 heavy (non-hydrogen) atoms. The van der Waals surface area contributed by atoms with Crippen molar-refractivity contribution in [3.05, 3.63) is 0 Å². The average molecular weight is 197 g/mol.